The van der Waals surface area contributed by atoms with E-state index in [4.69, 9.17) is 4.74 Å². The first-order valence-corrected chi connectivity index (χ1v) is 9.86. The van der Waals surface area contributed by atoms with E-state index in [1.165, 1.54) is 11.8 Å². The third kappa shape index (κ3) is 4.22. The van der Waals surface area contributed by atoms with Gasteiger partial charge in [0.15, 0.2) is 5.16 Å². The first kappa shape index (κ1) is 18.8. The van der Waals surface area contributed by atoms with Crippen molar-refractivity contribution < 1.29 is 9.53 Å². The van der Waals surface area contributed by atoms with E-state index in [2.05, 4.69) is 16.8 Å². The van der Waals surface area contributed by atoms with Gasteiger partial charge in [-0.15, -0.1) is 0 Å². The summed E-state index contributed by atoms with van der Waals surface area (Å²) in [6.45, 7) is 8.70. The van der Waals surface area contributed by atoms with Gasteiger partial charge in [-0.2, -0.15) is 0 Å². The number of hydrogen-bond acceptors (Lipinski definition) is 5. The number of nitrogens with zero attached hydrogens (tertiary/aromatic N) is 4. The third-order valence-electron chi connectivity index (χ3n) is 4.70. The summed E-state index contributed by atoms with van der Waals surface area (Å²) in [6, 6.07) is 7.83. The molecule has 7 heteroatoms. The molecule has 0 spiro atoms. The molecular formula is C19H26N4O2S. The third-order valence-corrected chi connectivity index (χ3v) is 5.77. The van der Waals surface area contributed by atoms with Crippen LogP contribution in [0.15, 0.2) is 41.8 Å². The summed E-state index contributed by atoms with van der Waals surface area (Å²) in [6.07, 6.45) is 3.67. The Bertz CT molecular complexity index is 741. The first-order chi connectivity index (χ1) is 12.6. The number of likely N-dealkylation sites (N-methyl/N-ethyl adjacent to an activating group) is 1. The maximum Gasteiger partial charge on any atom is 0.235 e. The second kappa shape index (κ2) is 8.60. The van der Waals surface area contributed by atoms with Crippen LogP contribution in [0.4, 0.5) is 0 Å². The van der Waals surface area contributed by atoms with Gasteiger partial charge in [0.25, 0.3) is 0 Å². The van der Waals surface area contributed by atoms with E-state index in [9.17, 15) is 4.79 Å². The minimum absolute atomic E-state index is 0.171. The SMILES string of the molecule is CCN1CCN(C(=O)C(C)Sc2nccn2-c2cccc(OC)c2)CC1. The number of aromatic nitrogens is 2. The Kier molecular flexibility index (Phi) is 6.21. The number of rotatable bonds is 6. The number of amides is 1. The molecule has 1 aromatic heterocycles. The Morgan fingerprint density at radius 2 is 2.08 bits per heavy atom. The number of ether oxygens (including phenoxy) is 1. The molecule has 0 radical (unpaired) electrons. The molecule has 2 heterocycles. The van der Waals surface area contributed by atoms with Crippen LogP contribution in [-0.2, 0) is 4.79 Å². The van der Waals surface area contributed by atoms with Crippen LogP contribution in [0.5, 0.6) is 5.75 Å². The Morgan fingerprint density at radius 3 is 2.77 bits per heavy atom. The molecule has 0 saturated carbocycles. The van der Waals surface area contributed by atoms with Crippen molar-refractivity contribution in [2.45, 2.75) is 24.3 Å². The summed E-state index contributed by atoms with van der Waals surface area (Å²) >= 11 is 1.50. The van der Waals surface area contributed by atoms with E-state index in [0.717, 1.165) is 49.3 Å². The maximum absolute atomic E-state index is 12.8. The Balaban J connectivity index is 1.67. The fraction of sp³-hybridized carbons (Fsp3) is 0.474. The highest BCUT2D eigenvalue weighted by Gasteiger charge is 2.26. The number of imidazole rings is 1. The second-order valence-corrected chi connectivity index (χ2v) is 7.61. The molecule has 1 unspecified atom stereocenters. The lowest BCUT2D eigenvalue weighted by atomic mass is 10.3. The predicted molar refractivity (Wildman–Crippen MR) is 104 cm³/mol. The van der Waals surface area contributed by atoms with Crippen LogP contribution in [0.2, 0.25) is 0 Å². The fourth-order valence-corrected chi connectivity index (χ4v) is 4.05. The van der Waals surface area contributed by atoms with E-state index < -0.39 is 0 Å². The van der Waals surface area contributed by atoms with Crippen molar-refractivity contribution in [3.8, 4) is 11.4 Å². The minimum atomic E-state index is -0.171. The molecule has 1 atom stereocenters. The molecule has 1 fully saturated rings. The molecule has 0 N–H and O–H groups in total. The quantitative estimate of drug-likeness (QED) is 0.727. The van der Waals surface area contributed by atoms with E-state index in [1.807, 2.05) is 46.9 Å². The molecule has 1 aliphatic heterocycles. The lowest BCUT2D eigenvalue weighted by Crippen LogP contribution is -2.50. The lowest BCUT2D eigenvalue weighted by molar-refractivity contribution is -0.132. The number of piperazine rings is 1. The molecule has 1 amide bonds. The molecule has 2 aromatic rings. The molecule has 1 aromatic carbocycles. The van der Waals surface area contributed by atoms with Gasteiger partial charge in [-0.3, -0.25) is 9.36 Å². The molecule has 26 heavy (non-hydrogen) atoms. The van der Waals surface area contributed by atoms with Gasteiger partial charge in [-0.1, -0.05) is 24.8 Å². The molecule has 140 valence electrons. The zero-order valence-electron chi connectivity index (χ0n) is 15.6. The van der Waals surface area contributed by atoms with E-state index in [-0.39, 0.29) is 11.2 Å². The molecule has 1 aliphatic rings. The Hall–Kier alpha value is -1.99. The molecule has 0 aliphatic carbocycles. The highest BCUT2D eigenvalue weighted by molar-refractivity contribution is 8.00. The van der Waals surface area contributed by atoms with Gasteiger partial charge in [0, 0.05) is 44.6 Å². The summed E-state index contributed by atoms with van der Waals surface area (Å²) in [5.41, 5.74) is 0.973. The van der Waals surface area contributed by atoms with Crippen LogP contribution in [-0.4, -0.2) is 70.3 Å². The molecule has 1 saturated heterocycles. The molecule has 6 nitrogen and oxygen atoms in total. The number of hydrogen-bond donors (Lipinski definition) is 0. The van der Waals surface area contributed by atoms with Crippen LogP contribution in [0.1, 0.15) is 13.8 Å². The van der Waals surface area contributed by atoms with Crippen LogP contribution < -0.4 is 4.74 Å². The van der Waals surface area contributed by atoms with Crippen molar-refractivity contribution >= 4 is 17.7 Å². The molecular weight excluding hydrogens is 348 g/mol. The maximum atomic E-state index is 12.8. The number of carbonyl (C=O) groups is 1. The van der Waals surface area contributed by atoms with Gasteiger partial charge in [-0.25, -0.2) is 4.98 Å². The van der Waals surface area contributed by atoms with Gasteiger partial charge in [0.2, 0.25) is 5.91 Å². The van der Waals surface area contributed by atoms with Crippen molar-refractivity contribution in [2.24, 2.45) is 0 Å². The first-order valence-electron chi connectivity index (χ1n) is 8.98. The van der Waals surface area contributed by atoms with Crippen molar-refractivity contribution in [3.63, 3.8) is 0 Å². The van der Waals surface area contributed by atoms with Crippen LogP contribution in [0, 0.1) is 0 Å². The standard InChI is InChI=1S/C19H26N4O2S/c1-4-21-10-12-22(13-11-21)18(24)15(2)26-19-20-8-9-23(19)16-6-5-7-17(14-16)25-3/h5-9,14-15H,4,10-13H2,1-3H3. The van der Waals surface area contributed by atoms with E-state index in [0.29, 0.717) is 0 Å². The Morgan fingerprint density at radius 1 is 1.31 bits per heavy atom. The monoisotopic (exact) mass is 374 g/mol. The molecule has 3 rings (SSSR count). The smallest absolute Gasteiger partial charge is 0.235 e. The highest BCUT2D eigenvalue weighted by atomic mass is 32.2. The second-order valence-electron chi connectivity index (χ2n) is 6.30. The van der Waals surface area contributed by atoms with Crippen molar-refractivity contribution in [3.05, 3.63) is 36.7 Å². The predicted octanol–water partition coefficient (Wildman–Crippen LogP) is 2.53. The molecule has 0 bridgehead atoms. The lowest BCUT2D eigenvalue weighted by Gasteiger charge is -2.35. The largest absolute Gasteiger partial charge is 0.497 e. The van der Waals surface area contributed by atoms with Gasteiger partial charge in [-0.05, 0) is 25.6 Å². The summed E-state index contributed by atoms with van der Waals surface area (Å²) in [4.78, 5) is 21.6. The average molecular weight is 375 g/mol. The Labute approximate surface area is 159 Å². The van der Waals surface area contributed by atoms with Crippen molar-refractivity contribution in [2.75, 3.05) is 39.8 Å². The van der Waals surface area contributed by atoms with Crippen molar-refractivity contribution in [1.82, 2.24) is 19.4 Å². The van der Waals surface area contributed by atoms with Crippen LogP contribution in [0.3, 0.4) is 0 Å². The zero-order valence-corrected chi connectivity index (χ0v) is 16.4. The number of benzene rings is 1. The van der Waals surface area contributed by atoms with E-state index >= 15 is 0 Å². The van der Waals surface area contributed by atoms with Crippen molar-refractivity contribution in [1.29, 1.82) is 0 Å². The number of thioether (sulfide) groups is 1. The summed E-state index contributed by atoms with van der Waals surface area (Å²) in [5.74, 6) is 0.982. The average Bonchev–Trinajstić information content (AvgIpc) is 3.15. The normalized spacial score (nSPS) is 16.5. The summed E-state index contributed by atoms with van der Waals surface area (Å²) in [7, 11) is 1.65. The van der Waals surface area contributed by atoms with Gasteiger partial charge < -0.3 is 14.5 Å². The van der Waals surface area contributed by atoms with Crippen LogP contribution in [0.25, 0.3) is 5.69 Å². The number of carbonyl (C=O) groups excluding carboxylic acids is 1. The van der Waals surface area contributed by atoms with E-state index in [1.54, 1.807) is 13.3 Å². The summed E-state index contributed by atoms with van der Waals surface area (Å²) < 4.78 is 7.30. The fourth-order valence-electron chi connectivity index (χ4n) is 3.08. The van der Waals surface area contributed by atoms with Gasteiger partial charge in [0.05, 0.1) is 18.0 Å². The minimum Gasteiger partial charge on any atom is -0.497 e. The topological polar surface area (TPSA) is 50.6 Å². The zero-order chi connectivity index (χ0) is 18.5. The van der Waals surface area contributed by atoms with Gasteiger partial charge >= 0.3 is 0 Å². The highest BCUT2D eigenvalue weighted by Crippen LogP contribution is 2.27. The number of methoxy groups -OCH3 is 1. The van der Waals surface area contributed by atoms with Gasteiger partial charge in [0.1, 0.15) is 5.75 Å². The summed E-state index contributed by atoms with van der Waals surface area (Å²) in [5, 5.41) is 0.640. The van der Waals surface area contributed by atoms with Crippen LogP contribution >= 0.6 is 11.8 Å².